The largest absolute Gasteiger partial charge is 0.480 e. The molecule has 1 rings (SSSR count). The maximum Gasteiger partial charge on any atom is 0.408 e. The second kappa shape index (κ2) is 3.28. The third-order valence-electron chi connectivity index (χ3n) is 1.47. The van der Waals surface area contributed by atoms with Crippen molar-refractivity contribution in [3.8, 4) is 0 Å². The van der Waals surface area contributed by atoms with Crippen molar-refractivity contribution in [1.29, 1.82) is 0 Å². The molecule has 1 aliphatic heterocycles. The van der Waals surface area contributed by atoms with E-state index in [1.165, 1.54) is 0 Å². The van der Waals surface area contributed by atoms with Gasteiger partial charge in [0, 0.05) is 6.21 Å². The van der Waals surface area contributed by atoms with Gasteiger partial charge in [0.05, 0.1) is 0 Å². The maximum atomic E-state index is 11.8. The summed E-state index contributed by atoms with van der Waals surface area (Å²) < 4.78 is 35.4. The molecule has 0 bridgehead atoms. The van der Waals surface area contributed by atoms with Crippen LogP contribution in [-0.4, -0.2) is 40.9 Å². The highest BCUT2D eigenvalue weighted by Gasteiger charge is 2.40. The van der Waals surface area contributed by atoms with Crippen LogP contribution in [-0.2, 0) is 9.59 Å². The fraction of sp³-hybridized carbons (Fsp3) is 0.500. The van der Waals surface area contributed by atoms with Crippen molar-refractivity contribution in [1.82, 2.24) is 5.01 Å². The molecule has 5 nitrogen and oxygen atoms in total. The van der Waals surface area contributed by atoms with Crippen LogP contribution in [0, 0.1) is 5.92 Å². The number of carboxylic acids is 1. The number of carbonyl (C=O) groups is 2. The molecule has 78 valence electrons. The standard InChI is InChI=1S/C6H5F3N2O3/c7-6(8,9)2-11-4(12)3(1-10-11)5(13)14/h1,3H,2H2,(H,13,14). The third kappa shape index (κ3) is 2.21. The molecule has 1 unspecified atom stereocenters. The monoisotopic (exact) mass is 210 g/mol. The van der Waals surface area contributed by atoms with Crippen molar-refractivity contribution >= 4 is 18.1 Å². The molecular weight excluding hydrogens is 205 g/mol. The molecule has 0 fully saturated rings. The average Bonchev–Trinajstić information content (AvgIpc) is 2.29. The van der Waals surface area contributed by atoms with Crippen LogP contribution in [0.15, 0.2) is 5.10 Å². The molecule has 8 heteroatoms. The number of carbonyl (C=O) groups excluding carboxylic acids is 1. The molecule has 0 spiro atoms. The normalized spacial score (nSPS) is 21.8. The van der Waals surface area contributed by atoms with Crippen molar-refractivity contribution < 1.29 is 27.9 Å². The van der Waals surface area contributed by atoms with E-state index in [4.69, 9.17) is 5.11 Å². The Hall–Kier alpha value is -1.60. The fourth-order valence-electron chi connectivity index (χ4n) is 0.886. The maximum absolute atomic E-state index is 11.8. The summed E-state index contributed by atoms with van der Waals surface area (Å²) in [4.78, 5) is 21.2. The molecule has 1 atom stereocenters. The van der Waals surface area contributed by atoms with Crippen molar-refractivity contribution in [2.24, 2.45) is 11.0 Å². The summed E-state index contributed by atoms with van der Waals surface area (Å²) in [5, 5.41) is 11.5. The van der Waals surface area contributed by atoms with Crippen molar-refractivity contribution in [3.63, 3.8) is 0 Å². The predicted molar refractivity (Wildman–Crippen MR) is 37.4 cm³/mol. The van der Waals surface area contributed by atoms with E-state index in [2.05, 4.69) is 5.10 Å². The lowest BCUT2D eigenvalue weighted by Gasteiger charge is -2.14. The SMILES string of the molecule is O=C(O)C1C=NN(CC(F)(F)F)C1=O. The summed E-state index contributed by atoms with van der Waals surface area (Å²) in [7, 11) is 0. The van der Waals surface area contributed by atoms with Gasteiger partial charge < -0.3 is 5.11 Å². The van der Waals surface area contributed by atoms with Crippen molar-refractivity contribution in [2.75, 3.05) is 6.54 Å². The number of amides is 1. The van der Waals surface area contributed by atoms with Gasteiger partial charge in [0.25, 0.3) is 5.91 Å². The first-order valence-corrected chi connectivity index (χ1v) is 3.46. The van der Waals surface area contributed by atoms with Crippen LogP contribution < -0.4 is 0 Å². The number of halogens is 3. The first-order chi connectivity index (χ1) is 6.31. The minimum Gasteiger partial charge on any atom is -0.480 e. The smallest absolute Gasteiger partial charge is 0.408 e. The van der Waals surface area contributed by atoms with Gasteiger partial charge in [-0.2, -0.15) is 18.3 Å². The molecule has 1 N–H and O–H groups in total. The molecule has 0 radical (unpaired) electrons. The van der Waals surface area contributed by atoms with Gasteiger partial charge in [-0.15, -0.1) is 0 Å². The zero-order valence-electron chi connectivity index (χ0n) is 6.65. The van der Waals surface area contributed by atoms with E-state index in [9.17, 15) is 22.8 Å². The van der Waals surface area contributed by atoms with Gasteiger partial charge in [-0.1, -0.05) is 0 Å². The van der Waals surface area contributed by atoms with Crippen LogP contribution in [0.3, 0.4) is 0 Å². The fourth-order valence-corrected chi connectivity index (χ4v) is 0.886. The van der Waals surface area contributed by atoms with E-state index >= 15 is 0 Å². The van der Waals surface area contributed by atoms with Crippen LogP contribution >= 0.6 is 0 Å². The number of hydrogen-bond acceptors (Lipinski definition) is 3. The lowest BCUT2D eigenvalue weighted by Crippen LogP contribution is -2.36. The quantitative estimate of drug-likeness (QED) is 0.656. The summed E-state index contributed by atoms with van der Waals surface area (Å²) in [6, 6.07) is 0. The summed E-state index contributed by atoms with van der Waals surface area (Å²) >= 11 is 0. The number of carboxylic acid groups (broad SMARTS) is 1. The minimum absolute atomic E-state index is 0.0960. The lowest BCUT2D eigenvalue weighted by atomic mass is 10.2. The van der Waals surface area contributed by atoms with Crippen LogP contribution in [0.2, 0.25) is 0 Å². The first-order valence-electron chi connectivity index (χ1n) is 3.46. The Kier molecular flexibility index (Phi) is 2.45. The Bertz CT molecular complexity index is 299. The average molecular weight is 210 g/mol. The second-order valence-corrected chi connectivity index (χ2v) is 2.59. The topological polar surface area (TPSA) is 70.0 Å². The number of nitrogens with zero attached hydrogens (tertiary/aromatic N) is 2. The van der Waals surface area contributed by atoms with Gasteiger partial charge >= 0.3 is 12.1 Å². The Morgan fingerprint density at radius 1 is 1.64 bits per heavy atom. The number of hydrazone groups is 1. The summed E-state index contributed by atoms with van der Waals surface area (Å²) in [6.07, 6.45) is -3.91. The van der Waals surface area contributed by atoms with Crippen LogP contribution in [0.25, 0.3) is 0 Å². The molecule has 1 amide bonds. The zero-order chi connectivity index (χ0) is 10.9. The van der Waals surface area contributed by atoms with Gasteiger partial charge in [-0.05, 0) is 0 Å². The molecule has 1 aliphatic rings. The highest BCUT2D eigenvalue weighted by atomic mass is 19.4. The summed E-state index contributed by atoms with van der Waals surface area (Å²) in [6.45, 7) is -1.56. The summed E-state index contributed by atoms with van der Waals surface area (Å²) in [5.41, 5.74) is 0. The predicted octanol–water partition coefficient (Wildman–Crippen LogP) is 0.0775. The Morgan fingerprint density at radius 3 is 2.57 bits per heavy atom. The van der Waals surface area contributed by atoms with Gasteiger partial charge in [0.1, 0.15) is 6.54 Å². The Balaban J connectivity index is 2.66. The highest BCUT2D eigenvalue weighted by molar-refractivity contribution is 6.12. The number of alkyl halides is 3. The van der Waals surface area contributed by atoms with E-state index < -0.39 is 30.5 Å². The Morgan fingerprint density at radius 2 is 2.21 bits per heavy atom. The number of rotatable bonds is 2. The Labute approximate surface area is 75.8 Å². The molecule has 0 saturated heterocycles. The molecule has 0 aromatic carbocycles. The molecule has 0 aromatic heterocycles. The van der Waals surface area contributed by atoms with E-state index in [0.717, 1.165) is 0 Å². The van der Waals surface area contributed by atoms with E-state index in [-0.39, 0.29) is 5.01 Å². The lowest BCUT2D eigenvalue weighted by molar-refractivity contribution is -0.163. The number of aliphatic carboxylic acids is 1. The molecule has 14 heavy (non-hydrogen) atoms. The van der Waals surface area contributed by atoms with E-state index in [1.54, 1.807) is 0 Å². The third-order valence-corrected chi connectivity index (χ3v) is 1.47. The van der Waals surface area contributed by atoms with E-state index in [0.29, 0.717) is 6.21 Å². The van der Waals surface area contributed by atoms with Crippen LogP contribution in [0.5, 0.6) is 0 Å². The molecule has 1 heterocycles. The van der Waals surface area contributed by atoms with Crippen LogP contribution in [0.1, 0.15) is 0 Å². The first kappa shape index (κ1) is 10.5. The minimum atomic E-state index is -4.58. The molecule has 0 aromatic rings. The van der Waals surface area contributed by atoms with Gasteiger partial charge in [-0.3, -0.25) is 9.59 Å². The van der Waals surface area contributed by atoms with Crippen molar-refractivity contribution in [3.05, 3.63) is 0 Å². The molecule has 0 saturated carbocycles. The van der Waals surface area contributed by atoms with Crippen LogP contribution in [0.4, 0.5) is 13.2 Å². The highest BCUT2D eigenvalue weighted by Crippen LogP contribution is 2.20. The van der Waals surface area contributed by atoms with Gasteiger partial charge in [0.2, 0.25) is 0 Å². The summed E-state index contributed by atoms with van der Waals surface area (Å²) in [5.74, 6) is -4.28. The van der Waals surface area contributed by atoms with Gasteiger partial charge in [0.15, 0.2) is 5.92 Å². The molecular formula is C6H5F3N2O3. The zero-order valence-corrected chi connectivity index (χ0v) is 6.65. The van der Waals surface area contributed by atoms with Gasteiger partial charge in [-0.25, -0.2) is 5.01 Å². The number of hydrogen-bond donors (Lipinski definition) is 1. The van der Waals surface area contributed by atoms with Crippen molar-refractivity contribution in [2.45, 2.75) is 6.18 Å². The molecule has 0 aliphatic carbocycles. The van der Waals surface area contributed by atoms with E-state index in [1.807, 2.05) is 0 Å². The second-order valence-electron chi connectivity index (χ2n) is 2.59.